The van der Waals surface area contributed by atoms with Crippen LogP contribution < -0.4 is 4.74 Å². The van der Waals surface area contributed by atoms with E-state index in [1.165, 1.54) is 0 Å². The van der Waals surface area contributed by atoms with Crippen molar-refractivity contribution in [2.75, 3.05) is 7.11 Å². The summed E-state index contributed by atoms with van der Waals surface area (Å²) >= 11 is 0. The van der Waals surface area contributed by atoms with Gasteiger partial charge in [0.1, 0.15) is 5.75 Å². The van der Waals surface area contributed by atoms with E-state index in [9.17, 15) is 4.79 Å². The van der Waals surface area contributed by atoms with Gasteiger partial charge in [0.15, 0.2) is 0 Å². The summed E-state index contributed by atoms with van der Waals surface area (Å²) in [7, 11) is 1.65. The van der Waals surface area contributed by atoms with Crippen molar-refractivity contribution in [3.05, 3.63) is 29.3 Å². The highest BCUT2D eigenvalue weighted by molar-refractivity contribution is 5.72. The molecule has 0 aliphatic rings. The van der Waals surface area contributed by atoms with Gasteiger partial charge >= 0.3 is 5.97 Å². The Morgan fingerprint density at radius 3 is 2.59 bits per heavy atom. The molecule has 0 unspecified atom stereocenters. The number of ether oxygens (including phenoxy) is 2. The van der Waals surface area contributed by atoms with Crippen LogP contribution in [0.15, 0.2) is 18.2 Å². The molecule has 3 nitrogen and oxygen atoms in total. The molecule has 0 fully saturated rings. The van der Waals surface area contributed by atoms with Crippen molar-refractivity contribution in [3.8, 4) is 5.75 Å². The molecule has 0 atom stereocenters. The predicted molar refractivity (Wildman–Crippen MR) is 67.3 cm³/mol. The normalized spacial score (nSPS) is 10.4. The molecule has 17 heavy (non-hydrogen) atoms. The van der Waals surface area contributed by atoms with Crippen LogP contribution in [-0.4, -0.2) is 19.2 Å². The Labute approximate surface area is 103 Å². The largest absolute Gasteiger partial charge is 0.496 e. The second-order valence-electron chi connectivity index (χ2n) is 4.22. The van der Waals surface area contributed by atoms with Crippen LogP contribution in [0.3, 0.4) is 0 Å². The van der Waals surface area contributed by atoms with Gasteiger partial charge in [-0.15, -0.1) is 0 Å². The van der Waals surface area contributed by atoms with Crippen molar-refractivity contribution in [2.24, 2.45) is 0 Å². The maximum Gasteiger partial charge on any atom is 0.310 e. The van der Waals surface area contributed by atoms with Gasteiger partial charge in [-0.1, -0.05) is 19.1 Å². The van der Waals surface area contributed by atoms with Crippen LogP contribution in [0.1, 0.15) is 31.9 Å². The lowest BCUT2D eigenvalue weighted by molar-refractivity contribution is -0.146. The van der Waals surface area contributed by atoms with Crippen molar-refractivity contribution in [3.63, 3.8) is 0 Å². The standard InChI is InChI=1S/C14H20O3/c1-5-12-8-11(6-7-13(12)16-4)9-14(15)17-10(2)3/h6-8,10H,5,9H2,1-4H3. The second-order valence-corrected chi connectivity index (χ2v) is 4.22. The quantitative estimate of drug-likeness (QED) is 0.737. The van der Waals surface area contributed by atoms with Crippen molar-refractivity contribution in [1.82, 2.24) is 0 Å². The Morgan fingerprint density at radius 2 is 2.06 bits per heavy atom. The van der Waals surface area contributed by atoms with E-state index in [0.29, 0.717) is 6.42 Å². The first-order valence-corrected chi connectivity index (χ1v) is 5.92. The molecule has 1 rings (SSSR count). The molecule has 0 N–H and O–H groups in total. The summed E-state index contributed by atoms with van der Waals surface area (Å²) in [6.45, 7) is 5.76. The maximum absolute atomic E-state index is 11.5. The number of rotatable bonds is 5. The average molecular weight is 236 g/mol. The summed E-state index contributed by atoms with van der Waals surface area (Å²) in [5.74, 6) is 0.681. The molecule has 1 aromatic rings. The minimum Gasteiger partial charge on any atom is -0.496 e. The van der Waals surface area contributed by atoms with E-state index < -0.39 is 0 Å². The zero-order chi connectivity index (χ0) is 12.8. The fraction of sp³-hybridized carbons (Fsp3) is 0.500. The smallest absolute Gasteiger partial charge is 0.310 e. The molecule has 0 aliphatic heterocycles. The number of methoxy groups -OCH3 is 1. The summed E-state index contributed by atoms with van der Waals surface area (Å²) < 4.78 is 10.4. The summed E-state index contributed by atoms with van der Waals surface area (Å²) in [6.07, 6.45) is 1.14. The topological polar surface area (TPSA) is 35.5 Å². The summed E-state index contributed by atoms with van der Waals surface area (Å²) in [6, 6.07) is 5.80. The SMILES string of the molecule is CCc1cc(CC(=O)OC(C)C)ccc1OC. The van der Waals surface area contributed by atoms with Gasteiger partial charge in [0.2, 0.25) is 0 Å². The Morgan fingerprint density at radius 1 is 1.35 bits per heavy atom. The van der Waals surface area contributed by atoms with E-state index in [2.05, 4.69) is 6.92 Å². The van der Waals surface area contributed by atoms with Crippen molar-refractivity contribution in [2.45, 2.75) is 39.7 Å². The lowest BCUT2D eigenvalue weighted by Gasteiger charge is -2.10. The maximum atomic E-state index is 11.5. The number of carbonyl (C=O) groups is 1. The molecule has 0 saturated heterocycles. The molecule has 0 saturated carbocycles. The van der Waals surface area contributed by atoms with Gasteiger partial charge in [-0.2, -0.15) is 0 Å². The highest BCUT2D eigenvalue weighted by Gasteiger charge is 2.09. The summed E-state index contributed by atoms with van der Waals surface area (Å²) in [5.41, 5.74) is 2.08. The first kappa shape index (κ1) is 13.6. The van der Waals surface area contributed by atoms with Gasteiger partial charge < -0.3 is 9.47 Å². The molecule has 3 heteroatoms. The van der Waals surface area contributed by atoms with E-state index in [1.54, 1.807) is 7.11 Å². The average Bonchev–Trinajstić information content (AvgIpc) is 2.27. The van der Waals surface area contributed by atoms with Crippen LogP contribution in [-0.2, 0) is 22.4 Å². The Balaban J connectivity index is 2.75. The second kappa shape index (κ2) is 6.28. The number of esters is 1. The van der Waals surface area contributed by atoms with E-state index in [0.717, 1.165) is 23.3 Å². The summed E-state index contributed by atoms with van der Waals surface area (Å²) in [4.78, 5) is 11.5. The van der Waals surface area contributed by atoms with Gasteiger partial charge in [-0.25, -0.2) is 0 Å². The van der Waals surface area contributed by atoms with E-state index >= 15 is 0 Å². The molecular formula is C14H20O3. The minimum atomic E-state index is -0.188. The third kappa shape index (κ3) is 4.10. The fourth-order valence-corrected chi connectivity index (χ4v) is 1.69. The Kier molecular flexibility index (Phi) is 5.01. The lowest BCUT2D eigenvalue weighted by atomic mass is 10.1. The Hall–Kier alpha value is -1.51. The van der Waals surface area contributed by atoms with Gasteiger partial charge in [-0.05, 0) is 37.5 Å². The molecule has 1 aromatic carbocycles. The zero-order valence-corrected chi connectivity index (χ0v) is 10.9. The van der Waals surface area contributed by atoms with Gasteiger partial charge in [0.25, 0.3) is 0 Å². The first-order valence-electron chi connectivity index (χ1n) is 5.92. The molecule has 0 radical (unpaired) electrons. The highest BCUT2D eigenvalue weighted by atomic mass is 16.5. The third-order valence-electron chi connectivity index (χ3n) is 2.44. The molecule has 0 spiro atoms. The van der Waals surface area contributed by atoms with E-state index in [-0.39, 0.29) is 12.1 Å². The first-order chi connectivity index (χ1) is 8.06. The third-order valence-corrected chi connectivity index (χ3v) is 2.44. The van der Waals surface area contributed by atoms with Crippen LogP contribution in [0.2, 0.25) is 0 Å². The van der Waals surface area contributed by atoms with Gasteiger partial charge in [0.05, 0.1) is 19.6 Å². The van der Waals surface area contributed by atoms with Crippen LogP contribution in [0, 0.1) is 0 Å². The number of hydrogen-bond acceptors (Lipinski definition) is 3. The molecule has 0 aromatic heterocycles. The number of benzene rings is 1. The fourth-order valence-electron chi connectivity index (χ4n) is 1.69. The number of aryl methyl sites for hydroxylation is 1. The molecule has 0 amide bonds. The van der Waals surface area contributed by atoms with Crippen LogP contribution >= 0.6 is 0 Å². The van der Waals surface area contributed by atoms with E-state index in [4.69, 9.17) is 9.47 Å². The van der Waals surface area contributed by atoms with E-state index in [1.807, 2.05) is 32.0 Å². The molecule has 0 bridgehead atoms. The van der Waals surface area contributed by atoms with Crippen LogP contribution in [0.5, 0.6) is 5.75 Å². The zero-order valence-electron chi connectivity index (χ0n) is 10.9. The van der Waals surface area contributed by atoms with Crippen molar-refractivity contribution >= 4 is 5.97 Å². The van der Waals surface area contributed by atoms with Gasteiger partial charge in [0, 0.05) is 0 Å². The number of hydrogen-bond donors (Lipinski definition) is 0. The molecular weight excluding hydrogens is 216 g/mol. The van der Waals surface area contributed by atoms with Crippen LogP contribution in [0.25, 0.3) is 0 Å². The molecule has 0 heterocycles. The molecule has 0 aliphatic carbocycles. The lowest BCUT2D eigenvalue weighted by Crippen LogP contribution is -2.13. The molecule has 94 valence electrons. The predicted octanol–water partition coefficient (Wildman–Crippen LogP) is 2.75. The van der Waals surface area contributed by atoms with Gasteiger partial charge in [-0.3, -0.25) is 4.79 Å². The van der Waals surface area contributed by atoms with Crippen LogP contribution in [0.4, 0.5) is 0 Å². The number of carbonyl (C=O) groups excluding carboxylic acids is 1. The van der Waals surface area contributed by atoms with Crippen molar-refractivity contribution < 1.29 is 14.3 Å². The summed E-state index contributed by atoms with van der Waals surface area (Å²) in [5, 5.41) is 0. The minimum absolute atomic E-state index is 0.0635. The van der Waals surface area contributed by atoms with Crippen molar-refractivity contribution in [1.29, 1.82) is 0 Å². The monoisotopic (exact) mass is 236 g/mol. The highest BCUT2D eigenvalue weighted by Crippen LogP contribution is 2.20. The Bertz CT molecular complexity index is 383.